The zero-order chi connectivity index (χ0) is 11.1. The second kappa shape index (κ2) is 4.11. The van der Waals surface area contributed by atoms with Gasteiger partial charge in [0, 0.05) is 0 Å². The molecule has 2 bridgehead atoms. The van der Waals surface area contributed by atoms with E-state index in [1.165, 1.54) is 38.5 Å². The summed E-state index contributed by atoms with van der Waals surface area (Å²) in [6, 6.07) is 0. The Hall–Kier alpha value is 0. The monoisotopic (exact) mass is 208 g/mol. The molecule has 0 aliphatic heterocycles. The number of hydrogen-bond donors (Lipinski definition) is 0. The minimum atomic E-state index is 0.701. The average Bonchev–Trinajstić information content (AvgIpc) is 2.45. The Balaban J connectivity index is 2.04. The van der Waals surface area contributed by atoms with Crippen molar-refractivity contribution in [3.63, 3.8) is 0 Å². The van der Waals surface area contributed by atoms with Crippen LogP contribution in [0.25, 0.3) is 0 Å². The van der Waals surface area contributed by atoms with Crippen LogP contribution in [0.4, 0.5) is 0 Å². The molecule has 0 heterocycles. The Morgan fingerprint density at radius 3 is 2.60 bits per heavy atom. The summed E-state index contributed by atoms with van der Waals surface area (Å²) in [5.74, 6) is 4.10. The smallest absolute Gasteiger partial charge is 0.0295 e. The summed E-state index contributed by atoms with van der Waals surface area (Å²) in [5, 5.41) is 0. The van der Waals surface area contributed by atoms with E-state index in [2.05, 4.69) is 27.7 Å². The third kappa shape index (κ3) is 1.97. The molecule has 5 atom stereocenters. The van der Waals surface area contributed by atoms with E-state index in [1.807, 2.05) is 0 Å². The summed E-state index contributed by atoms with van der Waals surface area (Å²) < 4.78 is 0. The highest BCUT2D eigenvalue weighted by molar-refractivity contribution is 5.00. The van der Waals surface area contributed by atoms with Gasteiger partial charge in [-0.05, 0) is 48.3 Å². The summed E-state index contributed by atoms with van der Waals surface area (Å²) in [6.45, 7) is 9.89. The zero-order valence-corrected chi connectivity index (χ0v) is 11.1. The average molecular weight is 208 g/mol. The van der Waals surface area contributed by atoms with Gasteiger partial charge in [0.25, 0.3) is 0 Å². The molecular formula is C15H28. The molecule has 0 aromatic carbocycles. The van der Waals surface area contributed by atoms with Gasteiger partial charge in [-0.25, -0.2) is 0 Å². The van der Waals surface area contributed by atoms with Gasteiger partial charge in [-0.15, -0.1) is 0 Å². The maximum Gasteiger partial charge on any atom is -0.0295 e. The van der Waals surface area contributed by atoms with Gasteiger partial charge < -0.3 is 0 Å². The topological polar surface area (TPSA) is 0 Å². The van der Waals surface area contributed by atoms with Gasteiger partial charge in [-0.2, -0.15) is 0 Å². The quantitative estimate of drug-likeness (QED) is 0.620. The van der Waals surface area contributed by atoms with E-state index in [9.17, 15) is 0 Å². The Labute approximate surface area is 95.8 Å². The van der Waals surface area contributed by atoms with Crippen molar-refractivity contribution >= 4 is 0 Å². The zero-order valence-electron chi connectivity index (χ0n) is 11.1. The van der Waals surface area contributed by atoms with Gasteiger partial charge >= 0.3 is 0 Å². The van der Waals surface area contributed by atoms with Crippen LogP contribution in [-0.2, 0) is 0 Å². The van der Waals surface area contributed by atoms with Crippen LogP contribution >= 0.6 is 0 Å². The summed E-state index contributed by atoms with van der Waals surface area (Å²) in [7, 11) is 0. The van der Waals surface area contributed by atoms with Crippen LogP contribution in [0.1, 0.15) is 66.2 Å². The normalized spacial score (nSPS) is 49.6. The summed E-state index contributed by atoms with van der Waals surface area (Å²) >= 11 is 0. The lowest BCUT2D eigenvalue weighted by molar-refractivity contribution is 0.0942. The number of hydrogen-bond acceptors (Lipinski definition) is 0. The molecule has 0 amide bonds. The Morgan fingerprint density at radius 2 is 1.93 bits per heavy atom. The third-order valence-electron chi connectivity index (χ3n) is 5.60. The van der Waals surface area contributed by atoms with E-state index in [4.69, 9.17) is 0 Å². The lowest BCUT2D eigenvalue weighted by atomic mass is 9.65. The minimum Gasteiger partial charge on any atom is -0.0654 e. The van der Waals surface area contributed by atoms with E-state index < -0.39 is 0 Å². The van der Waals surface area contributed by atoms with Gasteiger partial charge in [0.15, 0.2) is 0 Å². The summed E-state index contributed by atoms with van der Waals surface area (Å²) in [6.07, 6.45) is 8.89. The van der Waals surface area contributed by atoms with Crippen molar-refractivity contribution in [1.82, 2.24) is 0 Å². The Kier molecular flexibility index (Phi) is 3.14. The van der Waals surface area contributed by atoms with E-state index in [-0.39, 0.29) is 0 Å². The Morgan fingerprint density at radius 1 is 1.20 bits per heavy atom. The Bertz CT molecular complexity index is 220. The van der Waals surface area contributed by atoms with Crippen LogP contribution in [0.5, 0.6) is 0 Å². The molecule has 88 valence electrons. The van der Waals surface area contributed by atoms with Crippen LogP contribution in [0, 0.1) is 29.1 Å². The van der Waals surface area contributed by atoms with Crippen molar-refractivity contribution in [3.05, 3.63) is 0 Å². The standard InChI is InChI=1S/C15H28/c1-5-6-7-13-8-12(3)15(4)9-11(2)14(13)10-15/h11-14H,5-10H2,1-4H3. The molecule has 0 radical (unpaired) electrons. The molecule has 15 heavy (non-hydrogen) atoms. The SMILES string of the molecule is CCCCC1CC(C)C2(C)CC(C)C1C2. The first-order valence-corrected chi connectivity index (χ1v) is 7.07. The van der Waals surface area contributed by atoms with Gasteiger partial charge in [0.2, 0.25) is 0 Å². The molecular weight excluding hydrogens is 180 g/mol. The van der Waals surface area contributed by atoms with Crippen LogP contribution in [-0.4, -0.2) is 0 Å². The second-order valence-electron chi connectivity index (χ2n) is 6.74. The van der Waals surface area contributed by atoms with E-state index >= 15 is 0 Å². The lowest BCUT2D eigenvalue weighted by Gasteiger charge is -2.40. The highest BCUT2D eigenvalue weighted by Crippen LogP contribution is 2.59. The van der Waals surface area contributed by atoms with Gasteiger partial charge in [0.1, 0.15) is 0 Å². The highest BCUT2D eigenvalue weighted by Gasteiger charge is 2.50. The predicted octanol–water partition coefficient (Wildman–Crippen LogP) is 4.89. The van der Waals surface area contributed by atoms with Gasteiger partial charge in [-0.3, -0.25) is 0 Å². The van der Waals surface area contributed by atoms with Crippen LogP contribution in [0.15, 0.2) is 0 Å². The van der Waals surface area contributed by atoms with Crippen molar-refractivity contribution in [2.45, 2.75) is 66.2 Å². The second-order valence-corrected chi connectivity index (χ2v) is 6.74. The van der Waals surface area contributed by atoms with Crippen LogP contribution in [0.3, 0.4) is 0 Å². The summed E-state index contributed by atoms with van der Waals surface area (Å²) in [4.78, 5) is 0. The maximum absolute atomic E-state index is 2.55. The first-order valence-electron chi connectivity index (χ1n) is 7.07. The van der Waals surface area contributed by atoms with Crippen molar-refractivity contribution in [2.24, 2.45) is 29.1 Å². The third-order valence-corrected chi connectivity index (χ3v) is 5.60. The molecule has 0 aromatic heterocycles. The van der Waals surface area contributed by atoms with Crippen molar-refractivity contribution in [2.75, 3.05) is 0 Å². The van der Waals surface area contributed by atoms with Crippen molar-refractivity contribution in [1.29, 1.82) is 0 Å². The number of rotatable bonds is 3. The molecule has 0 heteroatoms. The van der Waals surface area contributed by atoms with Crippen LogP contribution in [0.2, 0.25) is 0 Å². The first-order chi connectivity index (χ1) is 7.07. The van der Waals surface area contributed by atoms with E-state index in [0.717, 1.165) is 23.7 Å². The molecule has 2 aliphatic carbocycles. The van der Waals surface area contributed by atoms with E-state index in [1.54, 1.807) is 0 Å². The first kappa shape index (κ1) is 11.5. The number of unbranched alkanes of at least 4 members (excludes halogenated alkanes) is 1. The molecule has 2 fully saturated rings. The number of fused-ring (bicyclic) bond motifs is 2. The fourth-order valence-electron chi connectivity index (χ4n) is 4.46. The summed E-state index contributed by atoms with van der Waals surface area (Å²) in [5.41, 5.74) is 0.701. The maximum atomic E-state index is 2.55. The lowest BCUT2D eigenvalue weighted by Crippen LogP contribution is -2.31. The molecule has 0 nitrogen and oxygen atoms in total. The largest absolute Gasteiger partial charge is 0.0654 e. The molecule has 2 aliphatic rings. The molecule has 0 saturated heterocycles. The van der Waals surface area contributed by atoms with Gasteiger partial charge in [-0.1, -0.05) is 47.0 Å². The molecule has 0 spiro atoms. The molecule has 0 N–H and O–H groups in total. The molecule has 0 aromatic rings. The molecule has 2 rings (SSSR count). The van der Waals surface area contributed by atoms with E-state index in [0.29, 0.717) is 5.41 Å². The van der Waals surface area contributed by atoms with Crippen LogP contribution < -0.4 is 0 Å². The van der Waals surface area contributed by atoms with Gasteiger partial charge in [0.05, 0.1) is 0 Å². The van der Waals surface area contributed by atoms with Crippen molar-refractivity contribution in [3.8, 4) is 0 Å². The fourth-order valence-corrected chi connectivity index (χ4v) is 4.46. The molecule has 5 unspecified atom stereocenters. The predicted molar refractivity (Wildman–Crippen MR) is 66.8 cm³/mol. The fraction of sp³-hybridized carbons (Fsp3) is 1.00. The van der Waals surface area contributed by atoms with Crippen molar-refractivity contribution < 1.29 is 0 Å². The molecule has 2 saturated carbocycles. The highest BCUT2D eigenvalue weighted by atomic mass is 14.5. The minimum absolute atomic E-state index is 0.701.